The number of morpholine rings is 1. The summed E-state index contributed by atoms with van der Waals surface area (Å²) in [6, 6.07) is 17.8. The summed E-state index contributed by atoms with van der Waals surface area (Å²) in [5.74, 6) is 0.782. The second-order valence-corrected chi connectivity index (χ2v) is 13.8. The quantitative estimate of drug-likeness (QED) is 0.0989. The van der Waals surface area contributed by atoms with Crippen molar-refractivity contribution in [3.63, 3.8) is 0 Å². The number of aromatic nitrogens is 1. The number of phenols is 1. The van der Waals surface area contributed by atoms with Gasteiger partial charge in [0.2, 0.25) is 5.91 Å². The van der Waals surface area contributed by atoms with Crippen molar-refractivity contribution in [3.05, 3.63) is 120 Å². The Hall–Kier alpha value is -5.14. The summed E-state index contributed by atoms with van der Waals surface area (Å²) in [6.45, 7) is 10.5. The maximum atomic E-state index is 13.9. The number of ether oxygens (including phenoxy) is 1. The Morgan fingerprint density at radius 3 is 2.51 bits per heavy atom. The highest BCUT2D eigenvalue weighted by Crippen LogP contribution is 2.50. The number of hydrogen-bond acceptors (Lipinski definition) is 10. The Morgan fingerprint density at radius 2 is 1.85 bits per heavy atom. The molecule has 3 heterocycles. The lowest BCUT2D eigenvalue weighted by atomic mass is 9.67. The minimum Gasteiger partial charge on any atom is -0.508 e. The number of likely N-dealkylation sites (tertiary alicyclic amines) is 1. The molecular formula is C41H49N7O5. The largest absolute Gasteiger partial charge is 0.508 e. The average molecular weight is 720 g/mol. The number of carbonyl (C=O) groups excluding carboxylic acids is 3. The van der Waals surface area contributed by atoms with Gasteiger partial charge in [0, 0.05) is 44.2 Å². The van der Waals surface area contributed by atoms with Crippen LogP contribution in [0.3, 0.4) is 0 Å². The van der Waals surface area contributed by atoms with E-state index in [0.29, 0.717) is 44.0 Å². The first-order chi connectivity index (χ1) is 25.7. The molecule has 1 aromatic heterocycles. The number of rotatable bonds is 16. The zero-order valence-corrected chi connectivity index (χ0v) is 30.4. The van der Waals surface area contributed by atoms with E-state index in [1.165, 1.54) is 0 Å². The third-order valence-electron chi connectivity index (χ3n) is 10.5. The number of anilines is 2. The van der Waals surface area contributed by atoms with Gasteiger partial charge in [0.25, 0.3) is 5.91 Å². The predicted octanol–water partition coefficient (Wildman–Crippen LogP) is 3.49. The lowest BCUT2D eigenvalue weighted by Gasteiger charge is -2.56. The van der Waals surface area contributed by atoms with Crippen LogP contribution in [0.4, 0.5) is 11.5 Å². The van der Waals surface area contributed by atoms with Gasteiger partial charge >= 0.3 is 0 Å². The van der Waals surface area contributed by atoms with Gasteiger partial charge in [-0.1, -0.05) is 48.6 Å². The first-order valence-electron chi connectivity index (χ1n) is 18.1. The lowest BCUT2D eigenvalue weighted by molar-refractivity contribution is -0.123. The van der Waals surface area contributed by atoms with E-state index in [2.05, 4.69) is 56.5 Å². The number of allylic oxidation sites excluding steroid dienone is 2. The minimum atomic E-state index is -0.605. The number of aromatic hydroxyl groups is 1. The molecule has 3 aromatic rings. The molecule has 2 unspecified atom stereocenters. The molecule has 0 bridgehead atoms. The van der Waals surface area contributed by atoms with Gasteiger partial charge in [-0.15, -0.1) is 6.58 Å². The van der Waals surface area contributed by atoms with Gasteiger partial charge in [0.1, 0.15) is 17.9 Å². The van der Waals surface area contributed by atoms with Crippen molar-refractivity contribution >= 4 is 29.6 Å². The van der Waals surface area contributed by atoms with E-state index in [4.69, 9.17) is 4.74 Å². The smallest absolute Gasteiger partial charge is 0.255 e. The number of amides is 2. The molecule has 2 fully saturated rings. The van der Waals surface area contributed by atoms with Gasteiger partial charge in [-0.3, -0.25) is 24.7 Å². The van der Waals surface area contributed by atoms with E-state index >= 15 is 0 Å². The van der Waals surface area contributed by atoms with Gasteiger partial charge in [0.15, 0.2) is 0 Å². The van der Waals surface area contributed by atoms with Crippen LogP contribution in [0, 0.1) is 0 Å². The van der Waals surface area contributed by atoms with E-state index in [1.54, 1.807) is 36.5 Å². The molecule has 3 aliphatic rings. The third-order valence-corrected chi connectivity index (χ3v) is 10.5. The summed E-state index contributed by atoms with van der Waals surface area (Å²) < 4.78 is 5.42. The fourth-order valence-corrected chi connectivity index (χ4v) is 7.50. The summed E-state index contributed by atoms with van der Waals surface area (Å²) in [7, 11) is 2.08. The third kappa shape index (κ3) is 8.58. The van der Waals surface area contributed by atoms with Crippen LogP contribution in [0.1, 0.15) is 34.3 Å². The van der Waals surface area contributed by atoms with Crippen LogP contribution in [-0.4, -0.2) is 115 Å². The van der Waals surface area contributed by atoms with E-state index in [-0.39, 0.29) is 36.2 Å². The monoisotopic (exact) mass is 719 g/mol. The Balaban J connectivity index is 1.10. The van der Waals surface area contributed by atoms with Crippen molar-refractivity contribution in [2.45, 2.75) is 37.0 Å². The highest BCUT2D eigenvalue weighted by Gasteiger charge is 2.53. The van der Waals surface area contributed by atoms with Gasteiger partial charge in [-0.25, -0.2) is 4.98 Å². The summed E-state index contributed by atoms with van der Waals surface area (Å²) in [6.07, 6.45) is 10.7. The van der Waals surface area contributed by atoms with Crippen LogP contribution >= 0.6 is 0 Å². The van der Waals surface area contributed by atoms with Crippen molar-refractivity contribution in [1.29, 1.82) is 0 Å². The highest BCUT2D eigenvalue weighted by molar-refractivity contribution is 6.04. The molecule has 4 atom stereocenters. The van der Waals surface area contributed by atoms with Crippen molar-refractivity contribution in [2.24, 2.45) is 0 Å². The van der Waals surface area contributed by atoms with Crippen LogP contribution in [0.2, 0.25) is 0 Å². The zero-order valence-electron chi connectivity index (χ0n) is 30.4. The summed E-state index contributed by atoms with van der Waals surface area (Å²) in [5.41, 5.74) is 3.86. The first-order valence-corrected chi connectivity index (χ1v) is 18.1. The Bertz CT molecular complexity index is 1800. The van der Waals surface area contributed by atoms with Crippen molar-refractivity contribution < 1.29 is 24.2 Å². The standard InChI is InChI=1S/C41H49N7O5/c1-4-18-47(19-22-49)29(2)44-37(25-30-7-14-35(50)15-8-30)40(52)43-26-33-6-5-17-41(33)36(28-46(41)3)31-9-11-32(12-10-31)39(51)45-34-13-16-38(42-27-34)48-20-23-53-24-21-48/h4-17,22,27,29,36-37,44,50H,1,18-21,23-26,28H2,2-3H3,(H,43,52)(H,45,51)/t29-,36?,37-,41?/m0/s1. The molecule has 12 heteroatoms. The van der Waals surface area contributed by atoms with E-state index in [0.717, 1.165) is 48.4 Å². The number of phenolic OH excluding ortho intramolecular Hbond substituents is 1. The molecule has 53 heavy (non-hydrogen) atoms. The predicted molar refractivity (Wildman–Crippen MR) is 206 cm³/mol. The Labute approximate surface area is 311 Å². The van der Waals surface area contributed by atoms with Gasteiger partial charge in [-0.2, -0.15) is 0 Å². The van der Waals surface area contributed by atoms with Crippen molar-refractivity contribution in [3.8, 4) is 5.75 Å². The van der Waals surface area contributed by atoms with Crippen molar-refractivity contribution in [1.82, 2.24) is 25.4 Å². The molecule has 2 aliphatic heterocycles. The van der Waals surface area contributed by atoms with Crippen LogP contribution in [0.25, 0.3) is 0 Å². The molecule has 2 aromatic carbocycles. The number of carbonyl (C=O) groups is 3. The molecule has 0 saturated carbocycles. The molecule has 0 radical (unpaired) electrons. The minimum absolute atomic E-state index is 0.130. The normalized spacial score (nSPS) is 20.8. The average Bonchev–Trinajstić information content (AvgIpc) is 3.64. The summed E-state index contributed by atoms with van der Waals surface area (Å²) in [4.78, 5) is 49.3. The molecule has 2 amide bonds. The molecule has 12 nitrogen and oxygen atoms in total. The van der Waals surface area contributed by atoms with Gasteiger partial charge in [0.05, 0.1) is 49.4 Å². The second kappa shape index (κ2) is 17.1. The molecule has 4 N–H and O–H groups in total. The summed E-state index contributed by atoms with van der Waals surface area (Å²) >= 11 is 0. The topological polar surface area (TPSA) is 139 Å². The first kappa shape index (κ1) is 37.6. The maximum Gasteiger partial charge on any atom is 0.255 e. The lowest BCUT2D eigenvalue weighted by Crippen LogP contribution is -2.64. The highest BCUT2D eigenvalue weighted by atomic mass is 16.5. The van der Waals surface area contributed by atoms with E-state index < -0.39 is 11.6 Å². The number of likely N-dealkylation sites (N-methyl/N-ethyl adjacent to an activating group) is 1. The molecule has 278 valence electrons. The Kier molecular flexibility index (Phi) is 12.2. The van der Waals surface area contributed by atoms with Crippen molar-refractivity contribution in [2.75, 3.05) is 69.7 Å². The molecular weight excluding hydrogens is 670 g/mol. The fourth-order valence-electron chi connectivity index (χ4n) is 7.50. The number of nitrogens with zero attached hydrogens (tertiary/aromatic N) is 4. The Morgan fingerprint density at radius 1 is 1.09 bits per heavy atom. The number of aldehydes is 1. The van der Waals surface area contributed by atoms with Crippen LogP contribution in [0.5, 0.6) is 5.75 Å². The van der Waals surface area contributed by atoms with Crippen LogP contribution < -0.4 is 20.9 Å². The zero-order chi connectivity index (χ0) is 37.4. The van der Waals surface area contributed by atoms with Gasteiger partial charge in [-0.05, 0) is 73.5 Å². The number of nitrogens with one attached hydrogen (secondary N) is 3. The number of hydrogen-bond donors (Lipinski definition) is 4. The van der Waals surface area contributed by atoms with Crippen LogP contribution in [0.15, 0.2) is 103 Å². The maximum absolute atomic E-state index is 13.9. The van der Waals surface area contributed by atoms with Gasteiger partial charge < -0.3 is 30.2 Å². The molecule has 2 saturated heterocycles. The van der Waals surface area contributed by atoms with E-state index in [9.17, 15) is 19.5 Å². The molecule has 6 rings (SSSR count). The summed E-state index contributed by atoms with van der Waals surface area (Å²) in [5, 5.41) is 19.4. The molecule has 1 aliphatic carbocycles. The fraction of sp³-hybridized carbons (Fsp3) is 0.366. The second-order valence-electron chi connectivity index (χ2n) is 13.8. The molecule has 1 spiro atoms. The van der Waals surface area contributed by atoms with E-state index in [1.807, 2.05) is 54.3 Å². The van der Waals surface area contributed by atoms with Crippen LogP contribution in [-0.2, 0) is 20.7 Å². The number of pyridine rings is 1. The SMILES string of the molecule is C=CCN(CC=O)[C@@H](C)N[C@@H](Cc1ccc(O)cc1)C(=O)NCC1=CC=CC12C(c1ccc(C(=O)Nc3ccc(N4CCOCC4)nc3)cc1)CN2C. The number of benzene rings is 2.